The van der Waals surface area contributed by atoms with Gasteiger partial charge in [0.15, 0.2) is 0 Å². The Morgan fingerprint density at radius 3 is 2.30 bits per heavy atom. The van der Waals surface area contributed by atoms with E-state index in [2.05, 4.69) is 16.0 Å². The highest BCUT2D eigenvalue weighted by Crippen LogP contribution is 2.13. The van der Waals surface area contributed by atoms with Gasteiger partial charge in [0, 0.05) is 13.1 Å². The van der Waals surface area contributed by atoms with Crippen LogP contribution in [-0.4, -0.2) is 31.2 Å². The molecule has 1 spiro atoms. The smallest absolute Gasteiger partial charge is 0.244 e. The van der Waals surface area contributed by atoms with Gasteiger partial charge in [-0.3, -0.25) is 10.1 Å². The molecule has 2 fully saturated rings. The molecule has 58 valence electrons. The molecule has 1 amide bonds. The summed E-state index contributed by atoms with van der Waals surface area (Å²) in [6, 6.07) is 0. The van der Waals surface area contributed by atoms with Crippen molar-refractivity contribution in [1.29, 1.82) is 0 Å². The number of rotatable bonds is 0. The number of nitrogens with one attached hydrogen (secondary N) is 3. The number of carbonyl (C=O) groups is 1. The van der Waals surface area contributed by atoms with E-state index in [-0.39, 0.29) is 23.9 Å². The Hall–Kier alpha value is -0.320. The quantitative estimate of drug-likeness (QED) is 0.405. The highest BCUT2D eigenvalue weighted by Gasteiger charge is 2.46. The minimum Gasteiger partial charge on any atom is -0.342 e. The van der Waals surface area contributed by atoms with Crippen LogP contribution in [0.15, 0.2) is 0 Å². The Morgan fingerprint density at radius 2 is 2.10 bits per heavy atom. The maximum absolute atomic E-state index is 11.0. The molecule has 4 nitrogen and oxygen atoms in total. The summed E-state index contributed by atoms with van der Waals surface area (Å²) in [5.74, 6) is 0.140. The van der Waals surface area contributed by atoms with E-state index in [9.17, 15) is 4.79 Å². The van der Waals surface area contributed by atoms with Crippen molar-refractivity contribution < 1.29 is 4.79 Å². The minimum absolute atomic E-state index is 0. The number of amides is 1. The molecular weight excluding hydrogens is 154 g/mol. The van der Waals surface area contributed by atoms with Gasteiger partial charge in [-0.1, -0.05) is 0 Å². The average Bonchev–Trinajstić information content (AvgIpc) is 2.07. The summed E-state index contributed by atoms with van der Waals surface area (Å²) >= 11 is 0. The Labute approximate surface area is 65.2 Å². The van der Waals surface area contributed by atoms with Crippen molar-refractivity contribution in [2.45, 2.75) is 5.54 Å². The van der Waals surface area contributed by atoms with Gasteiger partial charge in [-0.25, -0.2) is 0 Å². The molecule has 0 bridgehead atoms. The van der Waals surface area contributed by atoms with Gasteiger partial charge in [0.1, 0.15) is 5.54 Å². The largest absolute Gasteiger partial charge is 0.342 e. The molecule has 0 atom stereocenters. The van der Waals surface area contributed by atoms with E-state index in [1.165, 1.54) is 0 Å². The lowest BCUT2D eigenvalue weighted by Crippen LogP contribution is -2.69. The first-order chi connectivity index (χ1) is 4.33. The summed E-state index contributed by atoms with van der Waals surface area (Å²) in [6.07, 6.45) is 0. The lowest BCUT2D eigenvalue weighted by Gasteiger charge is -2.36. The maximum Gasteiger partial charge on any atom is 0.244 e. The maximum atomic E-state index is 11.0. The van der Waals surface area contributed by atoms with Crippen LogP contribution < -0.4 is 16.0 Å². The van der Waals surface area contributed by atoms with Gasteiger partial charge >= 0.3 is 0 Å². The number of hydrogen-bond acceptors (Lipinski definition) is 3. The summed E-state index contributed by atoms with van der Waals surface area (Å²) in [4.78, 5) is 11.0. The fourth-order valence-electron chi connectivity index (χ4n) is 1.20. The Kier molecular flexibility index (Phi) is 1.85. The average molecular weight is 164 g/mol. The molecule has 5 heteroatoms. The van der Waals surface area contributed by atoms with Gasteiger partial charge in [-0.05, 0) is 0 Å². The SMILES string of the molecule is Cl.O=C1NCNC12CNC2. The molecule has 10 heavy (non-hydrogen) atoms. The molecule has 2 heterocycles. The second kappa shape index (κ2) is 2.38. The summed E-state index contributed by atoms with van der Waals surface area (Å²) < 4.78 is 0. The van der Waals surface area contributed by atoms with Crippen LogP contribution in [0.2, 0.25) is 0 Å². The molecule has 2 saturated heterocycles. The first kappa shape index (κ1) is 7.78. The number of hydrogen-bond donors (Lipinski definition) is 3. The zero-order valence-electron chi connectivity index (χ0n) is 5.44. The molecule has 0 radical (unpaired) electrons. The van der Waals surface area contributed by atoms with E-state index < -0.39 is 0 Å². The number of carbonyl (C=O) groups excluding carboxylic acids is 1. The summed E-state index contributed by atoms with van der Waals surface area (Å²) in [5.41, 5.74) is -0.236. The molecule has 0 saturated carbocycles. The Morgan fingerprint density at radius 1 is 1.40 bits per heavy atom. The fraction of sp³-hybridized carbons (Fsp3) is 0.800. The minimum atomic E-state index is -0.236. The van der Waals surface area contributed by atoms with E-state index in [0.29, 0.717) is 6.67 Å². The van der Waals surface area contributed by atoms with E-state index >= 15 is 0 Å². The molecule has 0 aromatic heterocycles. The van der Waals surface area contributed by atoms with E-state index in [1.54, 1.807) is 0 Å². The second-order valence-electron chi connectivity index (χ2n) is 2.55. The van der Waals surface area contributed by atoms with Gasteiger partial charge in [0.05, 0.1) is 6.67 Å². The molecule has 0 unspecified atom stereocenters. The van der Waals surface area contributed by atoms with E-state index in [0.717, 1.165) is 13.1 Å². The van der Waals surface area contributed by atoms with Crippen LogP contribution in [-0.2, 0) is 4.79 Å². The van der Waals surface area contributed by atoms with Crippen LogP contribution in [0.1, 0.15) is 0 Å². The molecule has 0 aliphatic carbocycles. The lowest BCUT2D eigenvalue weighted by atomic mass is 9.93. The molecule has 2 rings (SSSR count). The second-order valence-corrected chi connectivity index (χ2v) is 2.55. The van der Waals surface area contributed by atoms with Crippen LogP contribution in [0, 0.1) is 0 Å². The fourth-order valence-corrected chi connectivity index (χ4v) is 1.20. The summed E-state index contributed by atoms with van der Waals surface area (Å²) in [6.45, 7) is 2.18. The van der Waals surface area contributed by atoms with Crippen molar-refractivity contribution in [2.24, 2.45) is 0 Å². The van der Waals surface area contributed by atoms with Gasteiger partial charge in [-0.2, -0.15) is 0 Å². The lowest BCUT2D eigenvalue weighted by molar-refractivity contribution is -0.125. The first-order valence-corrected chi connectivity index (χ1v) is 3.08. The third-order valence-corrected chi connectivity index (χ3v) is 1.96. The topological polar surface area (TPSA) is 53.2 Å². The van der Waals surface area contributed by atoms with Crippen molar-refractivity contribution in [1.82, 2.24) is 16.0 Å². The zero-order valence-corrected chi connectivity index (χ0v) is 6.25. The molecule has 3 N–H and O–H groups in total. The van der Waals surface area contributed by atoms with Crippen LogP contribution in [0.5, 0.6) is 0 Å². The van der Waals surface area contributed by atoms with Crippen molar-refractivity contribution >= 4 is 18.3 Å². The van der Waals surface area contributed by atoms with Crippen molar-refractivity contribution in [3.05, 3.63) is 0 Å². The Balaban J connectivity index is 0.000000500. The van der Waals surface area contributed by atoms with Crippen LogP contribution in [0.25, 0.3) is 0 Å². The van der Waals surface area contributed by atoms with Gasteiger partial charge in [0.25, 0.3) is 0 Å². The highest BCUT2D eigenvalue weighted by atomic mass is 35.5. The van der Waals surface area contributed by atoms with Crippen molar-refractivity contribution in [2.75, 3.05) is 19.8 Å². The van der Waals surface area contributed by atoms with Crippen molar-refractivity contribution in [3.63, 3.8) is 0 Å². The monoisotopic (exact) mass is 163 g/mol. The predicted octanol–water partition coefficient (Wildman–Crippen LogP) is -1.57. The van der Waals surface area contributed by atoms with Crippen LogP contribution in [0.3, 0.4) is 0 Å². The molecular formula is C5H10ClN3O. The standard InChI is InChI=1S/C5H9N3O.ClH/c9-4-5(1-6-2-5)8-3-7-4;/h6,8H,1-3H2,(H,7,9);1H. The third-order valence-electron chi connectivity index (χ3n) is 1.96. The van der Waals surface area contributed by atoms with Gasteiger partial charge in [0.2, 0.25) is 5.91 Å². The van der Waals surface area contributed by atoms with Crippen LogP contribution in [0.4, 0.5) is 0 Å². The van der Waals surface area contributed by atoms with Crippen molar-refractivity contribution in [3.8, 4) is 0 Å². The van der Waals surface area contributed by atoms with E-state index in [1.807, 2.05) is 0 Å². The van der Waals surface area contributed by atoms with Gasteiger partial charge < -0.3 is 10.6 Å². The van der Waals surface area contributed by atoms with Crippen LogP contribution >= 0.6 is 12.4 Å². The number of halogens is 1. The molecule has 0 aromatic rings. The summed E-state index contributed by atoms with van der Waals surface area (Å²) in [5, 5.41) is 8.87. The Bertz CT molecular complexity index is 157. The predicted molar refractivity (Wildman–Crippen MR) is 39.0 cm³/mol. The molecule has 2 aliphatic heterocycles. The van der Waals surface area contributed by atoms with Gasteiger partial charge in [-0.15, -0.1) is 12.4 Å². The molecule has 0 aromatic carbocycles. The molecule has 2 aliphatic rings. The van der Waals surface area contributed by atoms with E-state index in [4.69, 9.17) is 0 Å². The summed E-state index contributed by atoms with van der Waals surface area (Å²) in [7, 11) is 0. The zero-order chi connectivity index (χ0) is 6.32. The first-order valence-electron chi connectivity index (χ1n) is 3.08. The third kappa shape index (κ3) is 0.801. The highest BCUT2D eigenvalue weighted by molar-refractivity contribution is 5.89. The normalized spacial score (nSPS) is 27.0.